The molecule has 1 aliphatic heterocycles. The number of nitrogens with one attached hydrogen (secondary N) is 1. The summed E-state index contributed by atoms with van der Waals surface area (Å²) in [5.41, 5.74) is 1.75. The van der Waals surface area contributed by atoms with Gasteiger partial charge in [0.15, 0.2) is 5.65 Å². The number of anilines is 2. The highest BCUT2D eigenvalue weighted by Crippen LogP contribution is 2.20. The van der Waals surface area contributed by atoms with Crippen molar-refractivity contribution < 1.29 is 0 Å². The van der Waals surface area contributed by atoms with Gasteiger partial charge in [0.05, 0.1) is 0 Å². The van der Waals surface area contributed by atoms with Crippen molar-refractivity contribution in [3.63, 3.8) is 0 Å². The normalized spacial score (nSPS) is 16.0. The van der Waals surface area contributed by atoms with Gasteiger partial charge in [0.25, 0.3) is 0 Å². The van der Waals surface area contributed by atoms with Crippen LogP contribution in [0.4, 0.5) is 11.6 Å². The Hall–Kier alpha value is -2.77. The van der Waals surface area contributed by atoms with Gasteiger partial charge in [0, 0.05) is 30.9 Å². The smallest absolute Gasteiger partial charge is 0.177 e. The summed E-state index contributed by atoms with van der Waals surface area (Å²) in [6.45, 7) is 3.90. The van der Waals surface area contributed by atoms with Gasteiger partial charge in [-0.05, 0) is 31.9 Å². The first-order valence-electron chi connectivity index (χ1n) is 7.75. The molecular weight excluding hydrogens is 292 g/mol. The topological polar surface area (TPSA) is 84.1 Å². The molecule has 3 aromatic heterocycles. The molecule has 1 saturated heterocycles. The first kappa shape index (κ1) is 13.9. The molecule has 0 atom stereocenters. The van der Waals surface area contributed by atoms with Crippen LogP contribution in [0.1, 0.15) is 18.5 Å². The molecule has 23 heavy (non-hydrogen) atoms. The Morgan fingerprint density at radius 1 is 1.17 bits per heavy atom. The van der Waals surface area contributed by atoms with Crippen LogP contribution in [0.5, 0.6) is 0 Å². The lowest BCUT2D eigenvalue weighted by molar-refractivity contribution is 0.520. The Labute approximate surface area is 133 Å². The van der Waals surface area contributed by atoms with Gasteiger partial charge in [-0.25, -0.2) is 9.97 Å². The second-order valence-corrected chi connectivity index (χ2v) is 5.78. The largest absolute Gasteiger partial charge is 0.367 e. The predicted molar refractivity (Wildman–Crippen MR) is 86.4 cm³/mol. The third-order valence-electron chi connectivity index (χ3n) is 4.12. The van der Waals surface area contributed by atoms with E-state index in [0.717, 1.165) is 48.9 Å². The second kappa shape index (κ2) is 5.79. The van der Waals surface area contributed by atoms with E-state index < -0.39 is 0 Å². The maximum atomic E-state index is 4.56. The van der Waals surface area contributed by atoms with Crippen molar-refractivity contribution in [3.8, 4) is 0 Å². The fourth-order valence-corrected chi connectivity index (χ4v) is 2.88. The molecule has 0 saturated carbocycles. The van der Waals surface area contributed by atoms with Crippen LogP contribution in [0.15, 0.2) is 30.9 Å². The van der Waals surface area contributed by atoms with Gasteiger partial charge in [-0.15, -0.1) is 15.3 Å². The molecule has 4 rings (SSSR count). The highest BCUT2D eigenvalue weighted by molar-refractivity contribution is 5.45. The minimum Gasteiger partial charge on any atom is -0.367 e. The van der Waals surface area contributed by atoms with E-state index in [0.29, 0.717) is 6.04 Å². The molecule has 118 valence electrons. The molecule has 1 N–H and O–H groups in total. The molecule has 1 aliphatic rings. The van der Waals surface area contributed by atoms with E-state index in [1.165, 1.54) is 0 Å². The third kappa shape index (κ3) is 2.92. The molecule has 0 radical (unpaired) electrons. The highest BCUT2D eigenvalue weighted by Gasteiger charge is 2.20. The van der Waals surface area contributed by atoms with E-state index in [-0.39, 0.29) is 0 Å². The van der Waals surface area contributed by atoms with Crippen LogP contribution in [0.2, 0.25) is 0 Å². The molecule has 8 heteroatoms. The average molecular weight is 310 g/mol. The molecule has 8 nitrogen and oxygen atoms in total. The molecule has 0 aliphatic carbocycles. The van der Waals surface area contributed by atoms with E-state index >= 15 is 0 Å². The fourth-order valence-electron chi connectivity index (χ4n) is 2.88. The van der Waals surface area contributed by atoms with Gasteiger partial charge < -0.3 is 10.2 Å². The number of piperidine rings is 1. The summed E-state index contributed by atoms with van der Waals surface area (Å²) in [6, 6.07) is 6.36. The van der Waals surface area contributed by atoms with Crippen molar-refractivity contribution >= 4 is 17.3 Å². The van der Waals surface area contributed by atoms with Crippen molar-refractivity contribution in [2.45, 2.75) is 25.8 Å². The van der Waals surface area contributed by atoms with Crippen molar-refractivity contribution in [1.82, 2.24) is 29.8 Å². The monoisotopic (exact) mass is 310 g/mol. The molecule has 0 spiro atoms. The van der Waals surface area contributed by atoms with E-state index in [1.807, 2.05) is 25.1 Å². The number of aryl methyl sites for hydroxylation is 1. The standard InChI is InChI=1S/C15H18N8/c1-11-8-13(17-9-16-11)19-12-4-6-22(7-5-12)15-3-2-14-20-18-10-23(14)21-15/h2-3,8-10,12H,4-7H2,1H3,(H,16,17,19). The van der Waals surface area contributed by atoms with Crippen molar-refractivity contribution in [3.05, 3.63) is 36.5 Å². The quantitative estimate of drug-likeness (QED) is 0.780. The van der Waals surface area contributed by atoms with Crippen LogP contribution >= 0.6 is 0 Å². The number of nitrogens with zero attached hydrogens (tertiary/aromatic N) is 7. The summed E-state index contributed by atoms with van der Waals surface area (Å²) in [6.07, 6.45) is 5.32. The lowest BCUT2D eigenvalue weighted by Crippen LogP contribution is -2.39. The van der Waals surface area contributed by atoms with Crippen LogP contribution < -0.4 is 10.2 Å². The molecule has 0 aromatic carbocycles. The molecular formula is C15H18N8. The Kier molecular flexibility index (Phi) is 3.49. The minimum atomic E-state index is 0.430. The summed E-state index contributed by atoms with van der Waals surface area (Å²) in [4.78, 5) is 10.7. The van der Waals surface area contributed by atoms with Crippen LogP contribution in [0.3, 0.4) is 0 Å². The summed E-state index contributed by atoms with van der Waals surface area (Å²) in [5.74, 6) is 1.87. The minimum absolute atomic E-state index is 0.430. The van der Waals surface area contributed by atoms with Crippen molar-refractivity contribution in [2.24, 2.45) is 0 Å². The van der Waals surface area contributed by atoms with Gasteiger partial charge in [-0.1, -0.05) is 0 Å². The zero-order chi connectivity index (χ0) is 15.6. The van der Waals surface area contributed by atoms with E-state index in [9.17, 15) is 0 Å². The van der Waals surface area contributed by atoms with Gasteiger partial charge >= 0.3 is 0 Å². The Bertz CT molecular complexity index is 806. The number of hydrogen-bond donors (Lipinski definition) is 1. The molecule has 0 amide bonds. The Balaban J connectivity index is 1.40. The fraction of sp³-hybridized carbons (Fsp3) is 0.400. The maximum absolute atomic E-state index is 4.56. The number of hydrogen-bond acceptors (Lipinski definition) is 7. The molecule has 4 heterocycles. The van der Waals surface area contributed by atoms with Crippen molar-refractivity contribution in [1.29, 1.82) is 0 Å². The summed E-state index contributed by atoms with van der Waals surface area (Å²) < 4.78 is 1.71. The summed E-state index contributed by atoms with van der Waals surface area (Å²) >= 11 is 0. The first-order chi connectivity index (χ1) is 11.3. The predicted octanol–water partition coefficient (Wildman–Crippen LogP) is 1.30. The zero-order valence-electron chi connectivity index (χ0n) is 12.9. The van der Waals surface area contributed by atoms with Gasteiger partial charge in [0.2, 0.25) is 0 Å². The number of aromatic nitrogens is 6. The number of fused-ring (bicyclic) bond motifs is 1. The van der Waals surface area contributed by atoms with Crippen molar-refractivity contribution in [2.75, 3.05) is 23.3 Å². The Morgan fingerprint density at radius 3 is 2.87 bits per heavy atom. The molecule has 1 fully saturated rings. The lowest BCUT2D eigenvalue weighted by atomic mass is 10.1. The summed E-state index contributed by atoms with van der Waals surface area (Å²) in [7, 11) is 0. The van der Waals surface area contributed by atoms with Crippen LogP contribution in [-0.2, 0) is 0 Å². The average Bonchev–Trinajstić information content (AvgIpc) is 3.03. The number of rotatable bonds is 3. The maximum Gasteiger partial charge on any atom is 0.177 e. The van der Waals surface area contributed by atoms with Gasteiger partial charge in [-0.2, -0.15) is 4.52 Å². The third-order valence-corrected chi connectivity index (χ3v) is 4.12. The second-order valence-electron chi connectivity index (χ2n) is 5.78. The van der Waals surface area contributed by atoms with Crippen LogP contribution in [-0.4, -0.2) is 48.9 Å². The zero-order valence-corrected chi connectivity index (χ0v) is 12.9. The van der Waals surface area contributed by atoms with E-state index in [4.69, 9.17) is 0 Å². The Morgan fingerprint density at radius 2 is 2.04 bits per heavy atom. The lowest BCUT2D eigenvalue weighted by Gasteiger charge is -2.33. The van der Waals surface area contributed by atoms with Gasteiger partial charge in [0.1, 0.15) is 24.3 Å². The van der Waals surface area contributed by atoms with Gasteiger partial charge in [-0.3, -0.25) is 0 Å². The van der Waals surface area contributed by atoms with E-state index in [1.54, 1.807) is 17.2 Å². The molecule has 0 unspecified atom stereocenters. The summed E-state index contributed by atoms with van der Waals surface area (Å²) in [5, 5.41) is 15.9. The molecule has 3 aromatic rings. The van der Waals surface area contributed by atoms with Crippen LogP contribution in [0, 0.1) is 6.92 Å². The van der Waals surface area contributed by atoms with E-state index in [2.05, 4.69) is 35.5 Å². The SMILES string of the molecule is Cc1cc(NC2CCN(c3ccc4nncn4n3)CC2)ncn1. The highest BCUT2D eigenvalue weighted by atomic mass is 15.4. The van der Waals surface area contributed by atoms with Crippen LogP contribution in [0.25, 0.3) is 5.65 Å². The first-order valence-corrected chi connectivity index (χ1v) is 7.75. The molecule has 0 bridgehead atoms.